The van der Waals surface area contributed by atoms with Gasteiger partial charge in [-0.05, 0) is 23.6 Å². The first kappa shape index (κ1) is 18.4. The van der Waals surface area contributed by atoms with Gasteiger partial charge in [0.15, 0.2) is 11.3 Å². The summed E-state index contributed by atoms with van der Waals surface area (Å²) < 4.78 is 1.66. The first-order valence-electron chi connectivity index (χ1n) is 9.19. The number of aromatic nitrogens is 3. The van der Waals surface area contributed by atoms with Crippen LogP contribution in [0.2, 0.25) is 0 Å². The van der Waals surface area contributed by atoms with Crippen molar-refractivity contribution in [2.24, 2.45) is 5.73 Å². The Balaban J connectivity index is 1.67. The third-order valence-corrected chi connectivity index (χ3v) is 4.58. The molecule has 0 aliphatic heterocycles. The monoisotopic (exact) mass is 385 g/mol. The fraction of sp³-hybridized carbons (Fsp3) is 0.0909. The van der Waals surface area contributed by atoms with Gasteiger partial charge in [-0.2, -0.15) is 0 Å². The number of rotatable bonds is 6. The molecule has 4 aromatic rings. The van der Waals surface area contributed by atoms with Gasteiger partial charge in [0.25, 0.3) is 11.8 Å². The highest BCUT2D eigenvalue weighted by Gasteiger charge is 2.18. The Morgan fingerprint density at radius 2 is 1.69 bits per heavy atom. The second-order valence-electron chi connectivity index (χ2n) is 6.54. The number of fused-ring (bicyclic) bond motifs is 1. The molecule has 0 saturated carbocycles. The maximum atomic E-state index is 12.7. The van der Waals surface area contributed by atoms with Crippen molar-refractivity contribution in [2.75, 3.05) is 6.54 Å². The summed E-state index contributed by atoms with van der Waals surface area (Å²) in [5, 5.41) is 2.88. The van der Waals surface area contributed by atoms with E-state index in [1.54, 1.807) is 10.5 Å². The highest BCUT2D eigenvalue weighted by atomic mass is 16.2. The topological polar surface area (TPSA) is 102 Å². The zero-order valence-corrected chi connectivity index (χ0v) is 15.6. The Kier molecular flexibility index (Phi) is 5.03. The lowest BCUT2D eigenvalue weighted by Crippen LogP contribution is -2.27. The minimum absolute atomic E-state index is 0.0288. The second kappa shape index (κ2) is 7.93. The Bertz CT molecular complexity index is 1170. The highest BCUT2D eigenvalue weighted by molar-refractivity contribution is 5.99. The van der Waals surface area contributed by atoms with Crippen molar-refractivity contribution < 1.29 is 9.59 Å². The van der Waals surface area contributed by atoms with E-state index in [9.17, 15) is 9.59 Å². The van der Waals surface area contributed by atoms with E-state index in [4.69, 9.17) is 5.73 Å². The van der Waals surface area contributed by atoms with E-state index < -0.39 is 5.91 Å². The molecule has 7 heteroatoms. The van der Waals surface area contributed by atoms with Crippen molar-refractivity contribution in [3.05, 3.63) is 90.0 Å². The zero-order valence-electron chi connectivity index (χ0n) is 15.6. The molecule has 0 aliphatic rings. The van der Waals surface area contributed by atoms with Crippen molar-refractivity contribution in [3.8, 4) is 11.3 Å². The van der Waals surface area contributed by atoms with Gasteiger partial charge in [0.05, 0.1) is 5.69 Å². The predicted octanol–water partition coefficient (Wildman–Crippen LogP) is 2.47. The Labute approximate surface area is 167 Å². The number of nitrogens with one attached hydrogen (secondary N) is 1. The third-order valence-electron chi connectivity index (χ3n) is 4.58. The first-order chi connectivity index (χ1) is 14.1. The van der Waals surface area contributed by atoms with E-state index in [1.807, 2.05) is 60.7 Å². The van der Waals surface area contributed by atoms with Crippen LogP contribution in [-0.2, 0) is 6.42 Å². The zero-order chi connectivity index (χ0) is 20.2. The number of imidazole rings is 1. The molecule has 3 N–H and O–H groups in total. The lowest BCUT2D eigenvalue weighted by molar-refractivity contribution is 0.0947. The number of hydrogen-bond donors (Lipinski definition) is 2. The normalized spacial score (nSPS) is 10.8. The molecule has 0 aliphatic carbocycles. The summed E-state index contributed by atoms with van der Waals surface area (Å²) in [7, 11) is 0. The minimum Gasteiger partial charge on any atom is -0.364 e. The summed E-state index contributed by atoms with van der Waals surface area (Å²) in [5.74, 6) is -1.02. The SMILES string of the molecule is NC(=O)c1ncn2c(-c3ccccc3)cc(C(=O)NCCc3ccccc3)nc12. The maximum absolute atomic E-state index is 12.7. The van der Waals surface area contributed by atoms with Crippen LogP contribution in [0.3, 0.4) is 0 Å². The largest absolute Gasteiger partial charge is 0.364 e. The molecular formula is C22H19N5O2. The number of hydrogen-bond acceptors (Lipinski definition) is 4. The Morgan fingerprint density at radius 3 is 2.38 bits per heavy atom. The molecule has 0 fully saturated rings. The van der Waals surface area contributed by atoms with Crippen LogP contribution in [0, 0.1) is 0 Å². The van der Waals surface area contributed by atoms with E-state index in [0.29, 0.717) is 18.7 Å². The van der Waals surface area contributed by atoms with E-state index in [-0.39, 0.29) is 22.9 Å². The van der Waals surface area contributed by atoms with E-state index in [1.165, 1.54) is 6.33 Å². The molecule has 0 radical (unpaired) electrons. The number of carbonyl (C=O) groups excluding carboxylic acids is 2. The van der Waals surface area contributed by atoms with Crippen molar-refractivity contribution in [3.63, 3.8) is 0 Å². The fourth-order valence-corrected chi connectivity index (χ4v) is 3.15. The first-order valence-corrected chi connectivity index (χ1v) is 9.19. The van der Waals surface area contributed by atoms with Gasteiger partial charge in [0, 0.05) is 6.54 Å². The van der Waals surface area contributed by atoms with Gasteiger partial charge in [0.1, 0.15) is 12.0 Å². The number of primary amides is 1. The molecule has 2 amide bonds. The molecule has 29 heavy (non-hydrogen) atoms. The van der Waals surface area contributed by atoms with Gasteiger partial charge < -0.3 is 11.1 Å². The van der Waals surface area contributed by atoms with Crippen molar-refractivity contribution >= 4 is 17.5 Å². The molecule has 0 unspecified atom stereocenters. The average molecular weight is 385 g/mol. The Morgan fingerprint density at radius 1 is 1.00 bits per heavy atom. The van der Waals surface area contributed by atoms with Crippen LogP contribution < -0.4 is 11.1 Å². The molecule has 2 aromatic carbocycles. The van der Waals surface area contributed by atoms with Gasteiger partial charge in [-0.1, -0.05) is 60.7 Å². The van der Waals surface area contributed by atoms with Crippen LogP contribution in [0.25, 0.3) is 16.9 Å². The molecule has 4 rings (SSSR count). The summed E-state index contributed by atoms with van der Waals surface area (Å²) >= 11 is 0. The molecule has 144 valence electrons. The molecule has 2 heterocycles. The van der Waals surface area contributed by atoms with Crippen LogP contribution in [0.4, 0.5) is 0 Å². The smallest absolute Gasteiger partial charge is 0.271 e. The second-order valence-corrected chi connectivity index (χ2v) is 6.54. The van der Waals surface area contributed by atoms with Crippen LogP contribution in [0.5, 0.6) is 0 Å². The van der Waals surface area contributed by atoms with Crippen molar-refractivity contribution in [1.82, 2.24) is 19.7 Å². The summed E-state index contributed by atoms with van der Waals surface area (Å²) in [6.45, 7) is 0.471. The van der Waals surface area contributed by atoms with Gasteiger partial charge in [-0.25, -0.2) is 9.97 Å². The van der Waals surface area contributed by atoms with E-state index in [0.717, 1.165) is 11.1 Å². The van der Waals surface area contributed by atoms with Gasteiger partial charge in [-0.15, -0.1) is 0 Å². The van der Waals surface area contributed by atoms with Crippen molar-refractivity contribution in [1.29, 1.82) is 0 Å². The number of amides is 2. The quantitative estimate of drug-likeness (QED) is 0.532. The predicted molar refractivity (Wildman–Crippen MR) is 109 cm³/mol. The van der Waals surface area contributed by atoms with Crippen LogP contribution >= 0.6 is 0 Å². The van der Waals surface area contributed by atoms with Gasteiger partial charge in [-0.3, -0.25) is 14.0 Å². The van der Waals surface area contributed by atoms with Crippen LogP contribution in [-0.4, -0.2) is 32.7 Å². The minimum atomic E-state index is -0.694. The molecule has 7 nitrogen and oxygen atoms in total. The lowest BCUT2D eigenvalue weighted by Gasteiger charge is -2.10. The number of carbonyl (C=O) groups is 2. The Hall–Kier alpha value is -4.00. The average Bonchev–Trinajstić information content (AvgIpc) is 3.19. The molecule has 2 aromatic heterocycles. The molecule has 0 bridgehead atoms. The number of nitrogens with two attached hydrogens (primary N) is 1. The third kappa shape index (κ3) is 3.84. The van der Waals surface area contributed by atoms with E-state index >= 15 is 0 Å². The molecule has 0 atom stereocenters. The fourth-order valence-electron chi connectivity index (χ4n) is 3.15. The highest BCUT2D eigenvalue weighted by Crippen LogP contribution is 2.22. The van der Waals surface area contributed by atoms with Gasteiger partial charge >= 0.3 is 0 Å². The van der Waals surface area contributed by atoms with Crippen LogP contribution in [0.1, 0.15) is 26.5 Å². The summed E-state index contributed by atoms with van der Waals surface area (Å²) in [5.41, 5.74) is 8.61. The van der Waals surface area contributed by atoms with Crippen molar-refractivity contribution in [2.45, 2.75) is 6.42 Å². The standard InChI is InChI=1S/C22H19N5O2/c23-20(28)19-21-26-17(22(29)24-12-11-15-7-3-1-4-8-15)13-18(27(21)14-25-19)16-9-5-2-6-10-16/h1-10,13-14H,11-12H2,(H2,23,28)(H,24,29). The maximum Gasteiger partial charge on any atom is 0.271 e. The number of benzene rings is 2. The summed E-state index contributed by atoms with van der Waals surface area (Å²) in [4.78, 5) is 32.9. The molecule has 0 spiro atoms. The van der Waals surface area contributed by atoms with E-state index in [2.05, 4.69) is 15.3 Å². The summed E-state index contributed by atoms with van der Waals surface area (Å²) in [6.07, 6.45) is 2.20. The van der Waals surface area contributed by atoms with Gasteiger partial charge in [0.2, 0.25) is 0 Å². The lowest BCUT2D eigenvalue weighted by atomic mass is 10.1. The van der Waals surface area contributed by atoms with Crippen LogP contribution in [0.15, 0.2) is 73.1 Å². The molecule has 0 saturated heterocycles. The molecular weight excluding hydrogens is 366 g/mol. The summed E-state index contributed by atoms with van der Waals surface area (Å²) in [6, 6.07) is 21.1. The number of nitrogens with zero attached hydrogens (tertiary/aromatic N) is 3.